The summed E-state index contributed by atoms with van der Waals surface area (Å²) < 4.78 is 68.0. The van der Waals surface area contributed by atoms with E-state index in [4.69, 9.17) is 35.5 Å². The van der Waals surface area contributed by atoms with E-state index in [0.717, 1.165) is 66.3 Å². The molecule has 386 valence electrons. The Morgan fingerprint density at radius 3 is 1.69 bits per heavy atom. The van der Waals surface area contributed by atoms with Crippen molar-refractivity contribution in [3.05, 3.63) is 81.2 Å². The molecular weight excluding hydrogens is 945 g/mol. The van der Waals surface area contributed by atoms with Gasteiger partial charge in [0.05, 0.1) is 44.4 Å². The largest absolute Gasteiger partial charge is 0.496 e. The van der Waals surface area contributed by atoms with E-state index in [2.05, 4.69) is 44.4 Å². The summed E-state index contributed by atoms with van der Waals surface area (Å²) in [7, 11) is -3.12. The van der Waals surface area contributed by atoms with Crippen LogP contribution in [-0.2, 0) is 75.8 Å². The number of methoxy groups -OCH3 is 2. The van der Waals surface area contributed by atoms with Gasteiger partial charge in [0.2, 0.25) is 11.9 Å². The maximum Gasteiger partial charge on any atom is 0.307 e. The second-order valence-electron chi connectivity index (χ2n) is 17.0. The van der Waals surface area contributed by atoms with Gasteiger partial charge in [-0.25, -0.2) is 26.8 Å². The molecule has 0 saturated heterocycles. The summed E-state index contributed by atoms with van der Waals surface area (Å²) in [5, 5.41) is 16.0. The van der Waals surface area contributed by atoms with Crippen molar-refractivity contribution < 1.29 is 55.3 Å². The molecule has 0 aliphatic carbocycles. The number of ether oxygens (including phenoxy) is 4. The van der Waals surface area contributed by atoms with Gasteiger partial charge in [-0.05, 0) is 73.1 Å². The second kappa shape index (κ2) is 29.0. The number of carboxylic acids is 1. The van der Waals surface area contributed by atoms with Crippen LogP contribution < -0.4 is 31.6 Å². The first kappa shape index (κ1) is 58.0. The van der Waals surface area contributed by atoms with Crippen molar-refractivity contribution in [2.45, 2.75) is 117 Å². The van der Waals surface area contributed by atoms with Crippen LogP contribution in [0.4, 0.5) is 23.5 Å². The van der Waals surface area contributed by atoms with Gasteiger partial charge in [0.25, 0.3) is 12.9 Å². The Morgan fingerprint density at radius 1 is 0.714 bits per heavy atom. The molecule has 4 aromatic rings. The van der Waals surface area contributed by atoms with Crippen molar-refractivity contribution >= 4 is 62.1 Å². The van der Waals surface area contributed by atoms with Crippen molar-refractivity contribution in [2.24, 2.45) is 0 Å². The Morgan fingerprint density at radius 2 is 1.20 bits per heavy atom. The monoisotopic (exact) mass is 1010 g/mol. The first-order valence-corrected chi connectivity index (χ1v) is 27.1. The summed E-state index contributed by atoms with van der Waals surface area (Å²) in [6.07, 6.45) is 9.61. The van der Waals surface area contributed by atoms with Gasteiger partial charge in [-0.3, -0.25) is 14.4 Å². The van der Waals surface area contributed by atoms with E-state index < -0.39 is 25.6 Å². The first-order valence-electron chi connectivity index (χ1n) is 23.0. The first-order chi connectivity index (χ1) is 33.2. The van der Waals surface area contributed by atoms with Crippen LogP contribution in [0.2, 0.25) is 0 Å². The number of hydrogen-bond acceptors (Lipinski definition) is 19. The molecule has 22 heteroatoms. The molecule has 0 radical (unpaired) electrons. The predicted molar refractivity (Wildman–Crippen MR) is 270 cm³/mol. The highest BCUT2D eigenvalue weighted by Gasteiger charge is 2.22. The van der Waals surface area contributed by atoms with Gasteiger partial charge in [-0.1, -0.05) is 57.7 Å². The summed E-state index contributed by atoms with van der Waals surface area (Å²) in [5.74, 6) is 1.67. The van der Waals surface area contributed by atoms with E-state index in [1.165, 1.54) is 12.5 Å². The number of sulfone groups is 2. The molecule has 0 spiro atoms. The Hall–Kier alpha value is -6.29. The molecule has 7 N–H and O–H groups in total. The molecule has 2 aromatic heterocycles. The van der Waals surface area contributed by atoms with Crippen LogP contribution in [0.3, 0.4) is 0 Å². The van der Waals surface area contributed by atoms with Gasteiger partial charge in [-0.2, -0.15) is 9.97 Å². The smallest absolute Gasteiger partial charge is 0.307 e. The van der Waals surface area contributed by atoms with Crippen molar-refractivity contribution in [3.8, 4) is 11.5 Å². The van der Waals surface area contributed by atoms with Gasteiger partial charge in [0.1, 0.15) is 49.4 Å². The molecule has 2 aromatic carbocycles. The Bertz CT molecular complexity index is 2560. The van der Waals surface area contributed by atoms with Crippen LogP contribution in [0.25, 0.3) is 0 Å². The fourth-order valence-electron chi connectivity index (χ4n) is 7.62. The van der Waals surface area contributed by atoms with Crippen molar-refractivity contribution in [1.82, 2.24) is 19.9 Å². The van der Waals surface area contributed by atoms with Crippen molar-refractivity contribution in [1.29, 1.82) is 0 Å². The highest BCUT2D eigenvalue weighted by atomic mass is 32.2. The van der Waals surface area contributed by atoms with Gasteiger partial charge in [-0.15, -0.1) is 0 Å². The lowest BCUT2D eigenvalue weighted by molar-refractivity contribution is -0.136. The lowest BCUT2D eigenvalue weighted by Gasteiger charge is -2.23. The number of nitrogen functional groups attached to an aromatic ring is 2. The number of carboxylic acid groups (broad SMARTS) is 1. The Kier molecular flexibility index (Phi) is 24.1. The number of carbonyl (C=O) groups is 3. The number of anilines is 4. The number of hydrogen-bond donors (Lipinski definition) is 5. The van der Waals surface area contributed by atoms with Crippen molar-refractivity contribution in [3.63, 3.8) is 0 Å². The third kappa shape index (κ3) is 20.7. The molecule has 0 fully saturated rings. The third-order valence-electron chi connectivity index (χ3n) is 11.1. The zero-order valence-electron chi connectivity index (χ0n) is 41.3. The lowest BCUT2D eigenvalue weighted by Crippen LogP contribution is -2.25. The van der Waals surface area contributed by atoms with Crippen LogP contribution >= 0.6 is 0 Å². The lowest BCUT2D eigenvalue weighted by atomic mass is 9.99. The summed E-state index contributed by atoms with van der Waals surface area (Å²) in [5.41, 5.74) is 17.8. The quantitative estimate of drug-likeness (QED) is 0.0309. The minimum Gasteiger partial charge on any atom is -0.496 e. The van der Waals surface area contributed by atoms with Gasteiger partial charge >= 0.3 is 5.97 Å². The van der Waals surface area contributed by atoms with E-state index in [1.807, 2.05) is 19.1 Å². The number of nitrogens with zero attached hydrogens (tertiary/aromatic N) is 4. The molecule has 0 aliphatic heterocycles. The number of aromatic nitrogens is 4. The minimum absolute atomic E-state index is 0.0386. The number of aryl methyl sites for hydroxylation is 1. The number of nitrogens with one attached hydrogen (secondary N) is 2. The number of benzene rings is 2. The molecule has 70 heavy (non-hydrogen) atoms. The molecule has 2 heterocycles. The highest BCUT2D eigenvalue weighted by Crippen LogP contribution is 2.31. The zero-order chi connectivity index (χ0) is 51.9. The molecular formula is C48H70N8O12S2. The average molecular weight is 1020 g/mol. The van der Waals surface area contributed by atoms with E-state index >= 15 is 0 Å². The molecule has 0 bridgehead atoms. The Labute approximate surface area is 411 Å². The van der Waals surface area contributed by atoms with E-state index in [0.29, 0.717) is 85.1 Å². The van der Waals surface area contributed by atoms with Crippen LogP contribution in [0.5, 0.6) is 11.5 Å². The van der Waals surface area contributed by atoms with E-state index in [1.54, 1.807) is 38.5 Å². The summed E-state index contributed by atoms with van der Waals surface area (Å²) in [6, 6.07) is 10.5. The van der Waals surface area contributed by atoms with Crippen LogP contribution in [0, 0.1) is 6.92 Å². The van der Waals surface area contributed by atoms with Gasteiger partial charge in [0, 0.05) is 60.7 Å². The van der Waals surface area contributed by atoms with Crippen molar-refractivity contribution in [2.75, 3.05) is 66.9 Å². The SMILES string of the molecule is CCCC[C@@H](CCS(C)(=O)=O)Nc1nc(N)nc(C)c1Cc1cc(CC(=O)O)ccc1OC.CCCC[C@@H](CCS(C)(=O)=O)Nc1nc(N)nc(CCOC=O)c1Cc1cc(COC=O)ccc1OC. The van der Waals surface area contributed by atoms with E-state index in [9.17, 15) is 31.2 Å². The molecule has 0 saturated carbocycles. The van der Waals surface area contributed by atoms with Gasteiger partial charge in [0.15, 0.2) is 0 Å². The maximum atomic E-state index is 11.8. The Balaban J connectivity index is 0.000000373. The molecule has 2 atom stereocenters. The van der Waals surface area contributed by atoms with Crippen LogP contribution in [0.15, 0.2) is 36.4 Å². The van der Waals surface area contributed by atoms with Crippen LogP contribution in [-0.4, -0.2) is 118 Å². The normalized spacial score (nSPS) is 12.2. The van der Waals surface area contributed by atoms with Crippen LogP contribution in [0.1, 0.15) is 110 Å². The summed E-state index contributed by atoms with van der Waals surface area (Å²) in [4.78, 5) is 50.1. The fourth-order valence-corrected chi connectivity index (χ4v) is 9.04. The topological polar surface area (TPSA) is 304 Å². The summed E-state index contributed by atoms with van der Waals surface area (Å²) >= 11 is 0. The highest BCUT2D eigenvalue weighted by molar-refractivity contribution is 7.90. The number of carbonyl (C=O) groups excluding carboxylic acids is 2. The van der Waals surface area contributed by atoms with Gasteiger partial charge < -0.3 is 46.2 Å². The second-order valence-corrected chi connectivity index (χ2v) is 21.5. The standard InChI is InChI=1S/C25H36N4O7S.C23H34N4O5S/c1-4-5-6-20(10-12-37(3,32)33)27-24-21(22(9-11-35-16-30)28-25(26)29-24)14-19-13-18(15-36-17-31)7-8-23(19)34-2;1-5-6-7-18(10-11-33(4,30)31)26-22-19(15(2)25-23(24)27-22)14-17-12-16(13-21(28)29)8-9-20(17)32-3/h7-8,13,16-17,20H,4-6,9-12,14-15H2,1-3H3,(H3,26,27,28,29);8-9,12,18H,5-7,10-11,13-14H2,1-4H3,(H,28,29)(H3,24,25,26,27)/t20-;18-/m00/s1. The number of unbranched alkanes of at least 4 members (excludes halogenated alkanes) is 2. The number of aliphatic carboxylic acids is 1. The zero-order valence-corrected chi connectivity index (χ0v) is 42.9. The average Bonchev–Trinajstić information content (AvgIpc) is 3.29. The fraction of sp³-hybridized carbons (Fsp3) is 0.521. The predicted octanol–water partition coefficient (Wildman–Crippen LogP) is 5.45. The summed E-state index contributed by atoms with van der Waals surface area (Å²) in [6.45, 7) is 6.96. The molecule has 0 aliphatic rings. The number of rotatable bonds is 31. The maximum absolute atomic E-state index is 11.8. The molecule has 0 amide bonds. The molecule has 0 unspecified atom stereocenters. The van der Waals surface area contributed by atoms with E-state index in [-0.39, 0.29) is 55.1 Å². The third-order valence-corrected chi connectivity index (χ3v) is 13.1. The molecule has 4 rings (SSSR count). The molecule has 20 nitrogen and oxygen atoms in total. The number of nitrogens with two attached hydrogens (primary N) is 2. The minimum atomic E-state index is -3.15.